The number of amides is 2. The topological polar surface area (TPSA) is 77.1 Å². The zero-order valence-electron chi connectivity index (χ0n) is 21.7. The number of nitrogens with one attached hydrogen (secondary N) is 1. The smallest absolute Gasteiger partial charge is 0.268 e. The maximum absolute atomic E-state index is 14.1. The third-order valence-electron chi connectivity index (χ3n) is 7.24. The Bertz CT molecular complexity index is 1220. The van der Waals surface area contributed by atoms with Gasteiger partial charge in [-0.15, -0.1) is 0 Å². The Balaban J connectivity index is 1.47. The van der Waals surface area contributed by atoms with Gasteiger partial charge in [0, 0.05) is 12.6 Å². The number of hydrogen-bond acceptors (Lipinski definition) is 5. The summed E-state index contributed by atoms with van der Waals surface area (Å²) in [7, 11) is 1.60. The van der Waals surface area contributed by atoms with Crippen LogP contribution in [0.2, 0.25) is 0 Å². The molecule has 2 amide bonds. The maximum atomic E-state index is 14.1. The first-order valence-corrected chi connectivity index (χ1v) is 13.3. The molecule has 0 saturated heterocycles. The molecule has 0 aromatic heterocycles. The molecule has 1 heterocycles. The molecule has 0 radical (unpaired) electrons. The van der Waals surface area contributed by atoms with Gasteiger partial charge in [0.25, 0.3) is 5.91 Å². The third kappa shape index (κ3) is 5.93. The Morgan fingerprint density at radius 3 is 2.34 bits per heavy atom. The summed E-state index contributed by atoms with van der Waals surface area (Å²) in [6.45, 7) is 0.427. The van der Waals surface area contributed by atoms with E-state index in [0.717, 1.165) is 36.8 Å². The number of methoxy groups -OCH3 is 1. The summed E-state index contributed by atoms with van der Waals surface area (Å²) in [4.78, 5) is 29.7. The van der Waals surface area contributed by atoms with Crippen LogP contribution < -0.4 is 19.5 Å². The van der Waals surface area contributed by atoms with E-state index >= 15 is 0 Å². The lowest BCUT2D eigenvalue weighted by atomic mass is 10.0. The molecule has 1 aliphatic heterocycles. The summed E-state index contributed by atoms with van der Waals surface area (Å²) in [6, 6.07) is 23.9. The highest BCUT2D eigenvalue weighted by atomic mass is 16.6. The van der Waals surface area contributed by atoms with Gasteiger partial charge in [0.2, 0.25) is 12.0 Å². The van der Waals surface area contributed by atoms with Crippen molar-refractivity contribution in [3.05, 3.63) is 90.0 Å². The molecular weight excluding hydrogens is 480 g/mol. The summed E-state index contributed by atoms with van der Waals surface area (Å²) in [5.41, 5.74) is 1.81. The Morgan fingerprint density at radius 1 is 0.947 bits per heavy atom. The molecule has 0 unspecified atom stereocenters. The van der Waals surface area contributed by atoms with E-state index in [2.05, 4.69) is 5.32 Å². The Hall–Kier alpha value is -4.00. The van der Waals surface area contributed by atoms with E-state index in [9.17, 15) is 9.59 Å². The molecule has 2 atom stereocenters. The minimum absolute atomic E-state index is 0.0806. The van der Waals surface area contributed by atoms with Gasteiger partial charge in [-0.05, 0) is 54.7 Å². The summed E-state index contributed by atoms with van der Waals surface area (Å²) in [5, 5.41) is 3.22. The number of hydrogen-bond donors (Lipinski definition) is 1. The largest absolute Gasteiger partial charge is 0.497 e. The van der Waals surface area contributed by atoms with Gasteiger partial charge >= 0.3 is 0 Å². The standard InChI is InChI=1S/C31H34N2O5/c1-36-25-17-15-23(16-18-25)29(30(34)32-24-11-5-6-12-24)33(20-19-22-9-3-2-4-10-22)31(35)28-21-37-26-13-7-8-14-27(26)38-28/h2-4,7-10,13-18,24,28-29H,5-6,11-12,19-21H2,1H3,(H,32,34)/t28-,29-/m0/s1. The summed E-state index contributed by atoms with van der Waals surface area (Å²) in [6.07, 6.45) is 3.84. The highest BCUT2D eigenvalue weighted by Gasteiger charge is 2.38. The molecule has 1 saturated carbocycles. The van der Waals surface area contributed by atoms with Crippen molar-refractivity contribution in [1.29, 1.82) is 0 Å². The molecule has 1 fully saturated rings. The van der Waals surface area contributed by atoms with E-state index in [1.54, 1.807) is 18.1 Å². The van der Waals surface area contributed by atoms with Crippen molar-refractivity contribution in [1.82, 2.24) is 10.2 Å². The van der Waals surface area contributed by atoms with E-state index in [4.69, 9.17) is 14.2 Å². The first kappa shape index (κ1) is 25.6. The van der Waals surface area contributed by atoms with Gasteiger partial charge in [0.15, 0.2) is 11.5 Å². The van der Waals surface area contributed by atoms with Crippen LogP contribution in [0.15, 0.2) is 78.9 Å². The van der Waals surface area contributed by atoms with Gasteiger partial charge in [-0.1, -0.05) is 67.4 Å². The first-order valence-electron chi connectivity index (χ1n) is 13.3. The van der Waals surface area contributed by atoms with Gasteiger partial charge in [-0.3, -0.25) is 9.59 Å². The monoisotopic (exact) mass is 514 g/mol. The Kier molecular flexibility index (Phi) is 8.12. The van der Waals surface area contributed by atoms with Gasteiger partial charge < -0.3 is 24.4 Å². The number of para-hydroxylation sites is 2. The second kappa shape index (κ2) is 12.0. The fourth-order valence-corrected chi connectivity index (χ4v) is 5.20. The number of nitrogens with zero attached hydrogens (tertiary/aromatic N) is 1. The van der Waals surface area contributed by atoms with Crippen LogP contribution in [0.1, 0.15) is 42.9 Å². The number of carbonyl (C=O) groups is 2. The SMILES string of the molecule is COc1ccc([C@@H](C(=O)NC2CCCC2)N(CCc2ccccc2)C(=O)[C@@H]2COc3ccccc3O2)cc1. The third-order valence-corrected chi connectivity index (χ3v) is 7.24. The van der Waals surface area contributed by atoms with E-state index in [1.807, 2.05) is 72.8 Å². The average molecular weight is 515 g/mol. The van der Waals surface area contributed by atoms with Crippen LogP contribution in [-0.2, 0) is 16.0 Å². The second-order valence-electron chi connectivity index (χ2n) is 9.80. The highest BCUT2D eigenvalue weighted by Crippen LogP contribution is 2.33. The maximum Gasteiger partial charge on any atom is 0.268 e. The van der Waals surface area contributed by atoms with Crippen LogP contribution in [-0.4, -0.2) is 49.1 Å². The van der Waals surface area contributed by atoms with Crippen LogP contribution in [0.25, 0.3) is 0 Å². The average Bonchev–Trinajstić information content (AvgIpc) is 3.48. The lowest BCUT2D eigenvalue weighted by Gasteiger charge is -2.36. The zero-order valence-corrected chi connectivity index (χ0v) is 21.7. The number of fused-ring (bicyclic) bond motifs is 1. The summed E-state index contributed by atoms with van der Waals surface area (Å²) >= 11 is 0. The van der Waals surface area contributed by atoms with E-state index in [0.29, 0.717) is 30.2 Å². The van der Waals surface area contributed by atoms with Crippen LogP contribution in [0.5, 0.6) is 17.2 Å². The molecule has 1 N–H and O–H groups in total. The van der Waals surface area contributed by atoms with Crippen molar-refractivity contribution in [3.8, 4) is 17.2 Å². The van der Waals surface area contributed by atoms with E-state index < -0.39 is 12.1 Å². The molecule has 1 aliphatic carbocycles. The number of rotatable bonds is 9. The van der Waals surface area contributed by atoms with Gasteiger partial charge in [0.1, 0.15) is 18.4 Å². The van der Waals surface area contributed by atoms with Crippen molar-refractivity contribution >= 4 is 11.8 Å². The van der Waals surface area contributed by atoms with Crippen molar-refractivity contribution in [3.63, 3.8) is 0 Å². The summed E-state index contributed by atoms with van der Waals surface area (Å²) in [5.74, 6) is 1.36. The van der Waals surface area contributed by atoms with Gasteiger partial charge in [0.05, 0.1) is 7.11 Å². The van der Waals surface area contributed by atoms with Gasteiger partial charge in [-0.2, -0.15) is 0 Å². The normalized spacial score (nSPS) is 17.4. The van der Waals surface area contributed by atoms with Crippen molar-refractivity contribution in [2.75, 3.05) is 20.3 Å². The Morgan fingerprint density at radius 2 is 1.63 bits per heavy atom. The van der Waals surface area contributed by atoms with E-state index in [-0.39, 0.29) is 24.5 Å². The molecule has 198 valence electrons. The first-order chi connectivity index (χ1) is 18.6. The molecule has 5 rings (SSSR count). The lowest BCUT2D eigenvalue weighted by molar-refractivity contribution is -0.148. The lowest BCUT2D eigenvalue weighted by Crippen LogP contribution is -2.52. The number of carbonyl (C=O) groups excluding carboxylic acids is 2. The quantitative estimate of drug-likeness (QED) is 0.448. The zero-order chi connectivity index (χ0) is 26.3. The minimum atomic E-state index is -0.860. The molecule has 0 bridgehead atoms. The molecule has 38 heavy (non-hydrogen) atoms. The van der Waals surface area contributed by atoms with Crippen LogP contribution >= 0.6 is 0 Å². The van der Waals surface area contributed by atoms with E-state index in [1.165, 1.54) is 0 Å². The van der Waals surface area contributed by atoms with Crippen LogP contribution in [0.3, 0.4) is 0 Å². The molecule has 7 heteroatoms. The fraction of sp³-hybridized carbons (Fsp3) is 0.355. The van der Waals surface area contributed by atoms with Crippen molar-refractivity contribution < 1.29 is 23.8 Å². The highest BCUT2D eigenvalue weighted by molar-refractivity contribution is 5.91. The fourth-order valence-electron chi connectivity index (χ4n) is 5.20. The predicted octanol–water partition coefficient (Wildman–Crippen LogP) is 4.71. The number of ether oxygens (including phenoxy) is 3. The molecule has 3 aromatic carbocycles. The van der Waals surface area contributed by atoms with Gasteiger partial charge in [-0.25, -0.2) is 0 Å². The molecule has 0 spiro atoms. The Labute approximate surface area is 223 Å². The molecule has 7 nitrogen and oxygen atoms in total. The number of benzene rings is 3. The molecular formula is C31H34N2O5. The summed E-state index contributed by atoms with van der Waals surface area (Å²) < 4.78 is 17.3. The van der Waals surface area contributed by atoms with Crippen LogP contribution in [0.4, 0.5) is 0 Å². The second-order valence-corrected chi connectivity index (χ2v) is 9.80. The minimum Gasteiger partial charge on any atom is -0.497 e. The van der Waals surface area contributed by atoms with Crippen molar-refractivity contribution in [2.45, 2.75) is 50.3 Å². The van der Waals surface area contributed by atoms with Crippen LogP contribution in [0, 0.1) is 0 Å². The predicted molar refractivity (Wildman–Crippen MR) is 144 cm³/mol. The van der Waals surface area contributed by atoms with Crippen molar-refractivity contribution in [2.24, 2.45) is 0 Å². The molecule has 3 aromatic rings. The molecule has 2 aliphatic rings.